The summed E-state index contributed by atoms with van der Waals surface area (Å²) >= 11 is 0. The van der Waals surface area contributed by atoms with Crippen molar-refractivity contribution in [2.75, 3.05) is 7.05 Å². The maximum atomic E-state index is 3.92. The molecule has 0 heterocycles. The fraction of sp³-hybridized carbons (Fsp3) is 0.182. The predicted molar refractivity (Wildman–Crippen MR) is 56.7 cm³/mol. The number of hydrogen-bond donors (Lipinski definition) is 0. The third-order valence-corrected chi connectivity index (χ3v) is 1.39. The van der Waals surface area contributed by atoms with Gasteiger partial charge in [0.25, 0.3) is 0 Å². The number of nitrogens with zero attached hydrogens (tertiary/aromatic N) is 1. The van der Waals surface area contributed by atoms with E-state index in [9.17, 15) is 0 Å². The average Bonchev–Trinajstić information content (AvgIpc) is 2.11. The van der Waals surface area contributed by atoms with E-state index >= 15 is 0 Å². The zero-order chi connectivity index (χ0) is 9.40. The van der Waals surface area contributed by atoms with Crippen LogP contribution in [0.25, 0.3) is 0 Å². The molecule has 12 heavy (non-hydrogen) atoms. The summed E-state index contributed by atoms with van der Waals surface area (Å²) in [5.74, 6) is 0. The van der Waals surface area contributed by atoms with Crippen molar-refractivity contribution in [1.82, 2.24) is 0 Å². The molecule has 0 saturated carbocycles. The van der Waals surface area contributed by atoms with Crippen molar-refractivity contribution in [2.45, 2.75) is 6.92 Å². The van der Waals surface area contributed by atoms with Crippen LogP contribution in [0.4, 0.5) is 0 Å². The predicted octanol–water partition coefficient (Wildman–Crippen LogP) is 2.93. The van der Waals surface area contributed by atoms with E-state index in [1.54, 1.807) is 25.4 Å². The summed E-state index contributed by atoms with van der Waals surface area (Å²) in [6.45, 7) is 9.38. The van der Waals surface area contributed by atoms with Crippen molar-refractivity contribution in [3.8, 4) is 0 Å². The molecule has 1 nitrogen and oxygen atoms in total. The summed E-state index contributed by atoms with van der Waals surface area (Å²) in [4.78, 5) is 3.92. The lowest BCUT2D eigenvalue weighted by Gasteiger charge is -1.97. The van der Waals surface area contributed by atoms with Gasteiger partial charge in [0.1, 0.15) is 0 Å². The van der Waals surface area contributed by atoms with Gasteiger partial charge in [-0.05, 0) is 18.1 Å². The normalized spacial score (nSPS) is 13.5. The van der Waals surface area contributed by atoms with Gasteiger partial charge >= 0.3 is 0 Å². The van der Waals surface area contributed by atoms with E-state index < -0.39 is 0 Å². The zero-order valence-electron chi connectivity index (χ0n) is 7.75. The van der Waals surface area contributed by atoms with Crippen LogP contribution < -0.4 is 0 Å². The molecule has 0 aliphatic rings. The van der Waals surface area contributed by atoms with E-state index in [1.165, 1.54) is 0 Å². The van der Waals surface area contributed by atoms with Crippen molar-refractivity contribution in [2.24, 2.45) is 4.99 Å². The first-order chi connectivity index (χ1) is 5.79. The maximum Gasteiger partial charge on any atom is 0.0287 e. The zero-order valence-corrected chi connectivity index (χ0v) is 7.75. The molecule has 0 amide bonds. The van der Waals surface area contributed by atoms with Gasteiger partial charge in [-0.25, -0.2) is 0 Å². The molecular formula is C11H15N. The molecular weight excluding hydrogens is 146 g/mol. The number of allylic oxidation sites excluding steroid dienone is 6. The summed E-state index contributed by atoms with van der Waals surface area (Å²) in [6, 6.07) is 0. The Bertz CT molecular complexity index is 216. The Balaban J connectivity index is 4.98. The first kappa shape index (κ1) is 10.6. The molecule has 0 bridgehead atoms. The van der Waals surface area contributed by atoms with Crippen molar-refractivity contribution in [3.05, 3.63) is 48.6 Å². The lowest BCUT2D eigenvalue weighted by atomic mass is 10.1. The number of hydrogen-bond acceptors (Lipinski definition) is 1. The van der Waals surface area contributed by atoms with Crippen LogP contribution in [0, 0.1) is 0 Å². The second kappa shape index (κ2) is 6.35. The van der Waals surface area contributed by atoms with Crippen LogP contribution in [0.3, 0.4) is 0 Å². The van der Waals surface area contributed by atoms with Gasteiger partial charge in [0.15, 0.2) is 0 Å². The van der Waals surface area contributed by atoms with Gasteiger partial charge in [0.05, 0.1) is 0 Å². The molecule has 0 unspecified atom stereocenters. The second-order valence-corrected chi connectivity index (χ2v) is 2.21. The van der Waals surface area contributed by atoms with Gasteiger partial charge in [0.2, 0.25) is 0 Å². The van der Waals surface area contributed by atoms with E-state index in [-0.39, 0.29) is 0 Å². The monoisotopic (exact) mass is 161 g/mol. The highest BCUT2D eigenvalue weighted by atomic mass is 14.6. The fourth-order valence-electron chi connectivity index (χ4n) is 0.846. The molecule has 0 spiro atoms. The molecule has 0 aromatic rings. The van der Waals surface area contributed by atoms with Crippen LogP contribution in [0.1, 0.15) is 6.92 Å². The van der Waals surface area contributed by atoms with Crippen molar-refractivity contribution < 1.29 is 0 Å². The standard InChI is InChI=1S/C11H15N/c1-5-8-10(6-2)11(7-3)9-12-4/h5-9H,2-3H2,1,4H3/b8-5-,11-10+,12-9-. The highest BCUT2D eigenvalue weighted by Gasteiger charge is 1.91. The minimum atomic E-state index is 0.991. The lowest BCUT2D eigenvalue weighted by molar-refractivity contribution is 1.46. The molecule has 0 saturated heterocycles. The SMILES string of the molecule is C=CC(/C=C\C)=C(C=C)\C=N/C. The van der Waals surface area contributed by atoms with Crippen molar-refractivity contribution >= 4 is 6.21 Å². The third kappa shape index (κ3) is 3.15. The molecule has 0 atom stereocenters. The molecule has 0 aromatic carbocycles. The highest BCUT2D eigenvalue weighted by Crippen LogP contribution is 2.06. The molecule has 0 aromatic heterocycles. The van der Waals surface area contributed by atoms with E-state index in [0.29, 0.717) is 0 Å². The number of rotatable bonds is 4. The lowest BCUT2D eigenvalue weighted by Crippen LogP contribution is -1.84. The van der Waals surface area contributed by atoms with Crippen LogP contribution in [-0.2, 0) is 0 Å². The highest BCUT2D eigenvalue weighted by molar-refractivity contribution is 5.84. The average molecular weight is 161 g/mol. The van der Waals surface area contributed by atoms with Gasteiger partial charge in [-0.2, -0.15) is 0 Å². The minimum absolute atomic E-state index is 0.991. The Kier molecular flexibility index (Phi) is 5.62. The Morgan fingerprint density at radius 1 is 1.17 bits per heavy atom. The molecule has 0 radical (unpaired) electrons. The molecule has 0 aliphatic carbocycles. The third-order valence-electron chi connectivity index (χ3n) is 1.39. The summed E-state index contributed by atoms with van der Waals surface area (Å²) < 4.78 is 0. The van der Waals surface area contributed by atoms with Gasteiger partial charge in [-0.1, -0.05) is 37.5 Å². The largest absolute Gasteiger partial charge is 0.296 e. The van der Waals surface area contributed by atoms with E-state index in [1.807, 2.05) is 19.1 Å². The molecule has 0 rings (SSSR count). The van der Waals surface area contributed by atoms with Crippen molar-refractivity contribution in [1.29, 1.82) is 0 Å². The van der Waals surface area contributed by atoms with E-state index in [4.69, 9.17) is 0 Å². The Morgan fingerprint density at radius 2 is 1.75 bits per heavy atom. The van der Waals surface area contributed by atoms with E-state index in [2.05, 4.69) is 18.2 Å². The van der Waals surface area contributed by atoms with Crippen LogP contribution in [0.5, 0.6) is 0 Å². The Labute approximate surface area is 74.5 Å². The van der Waals surface area contributed by atoms with Crippen LogP contribution in [0.15, 0.2) is 53.6 Å². The van der Waals surface area contributed by atoms with Gasteiger partial charge in [-0.3, -0.25) is 4.99 Å². The first-order valence-corrected chi connectivity index (χ1v) is 3.84. The molecule has 1 heteroatoms. The first-order valence-electron chi connectivity index (χ1n) is 3.84. The summed E-state index contributed by atoms with van der Waals surface area (Å²) in [6.07, 6.45) is 9.27. The molecule has 0 N–H and O–H groups in total. The molecule has 0 fully saturated rings. The topological polar surface area (TPSA) is 12.4 Å². The Hall–Kier alpha value is -1.37. The summed E-state index contributed by atoms with van der Waals surface area (Å²) in [7, 11) is 1.74. The second-order valence-electron chi connectivity index (χ2n) is 2.21. The molecule has 64 valence electrons. The number of aliphatic imine (C=N–C) groups is 1. The van der Waals surface area contributed by atoms with Crippen LogP contribution in [0.2, 0.25) is 0 Å². The fourth-order valence-corrected chi connectivity index (χ4v) is 0.846. The van der Waals surface area contributed by atoms with Crippen LogP contribution >= 0.6 is 0 Å². The van der Waals surface area contributed by atoms with Gasteiger partial charge in [-0.15, -0.1) is 0 Å². The van der Waals surface area contributed by atoms with Gasteiger partial charge < -0.3 is 0 Å². The smallest absolute Gasteiger partial charge is 0.0287 e. The van der Waals surface area contributed by atoms with Gasteiger partial charge in [0, 0.05) is 13.3 Å². The maximum absolute atomic E-state index is 3.92. The van der Waals surface area contributed by atoms with E-state index in [0.717, 1.165) is 11.1 Å². The van der Waals surface area contributed by atoms with Crippen LogP contribution in [-0.4, -0.2) is 13.3 Å². The van der Waals surface area contributed by atoms with Crippen molar-refractivity contribution in [3.63, 3.8) is 0 Å². The summed E-state index contributed by atoms with van der Waals surface area (Å²) in [5.41, 5.74) is 2.03. The molecule has 0 aliphatic heterocycles. The summed E-state index contributed by atoms with van der Waals surface area (Å²) in [5, 5.41) is 0. The quantitative estimate of drug-likeness (QED) is 0.444. The minimum Gasteiger partial charge on any atom is -0.296 e. The Morgan fingerprint density at radius 3 is 2.08 bits per heavy atom.